The predicted molar refractivity (Wildman–Crippen MR) is 150 cm³/mol. The minimum Gasteiger partial charge on any atom is -0.466 e. The van der Waals surface area contributed by atoms with Gasteiger partial charge in [-0.2, -0.15) is 0 Å². The number of ketones is 4. The summed E-state index contributed by atoms with van der Waals surface area (Å²) in [6, 6.07) is 0. The molecule has 0 amide bonds. The molecule has 226 valence electrons. The Morgan fingerprint density at radius 2 is 1.63 bits per heavy atom. The normalized spacial score (nSPS) is 36.8. The minimum atomic E-state index is -1.35. The molecule has 0 aliphatic heterocycles. The molecule has 4 aliphatic rings. The van der Waals surface area contributed by atoms with Crippen molar-refractivity contribution in [3.63, 3.8) is 0 Å². The summed E-state index contributed by atoms with van der Waals surface area (Å²) in [6.45, 7) is 14.8. The van der Waals surface area contributed by atoms with Crippen LogP contribution in [0.5, 0.6) is 0 Å². The van der Waals surface area contributed by atoms with Crippen LogP contribution in [0.2, 0.25) is 0 Å². The Kier molecular flexibility index (Phi) is 8.07. The monoisotopic (exact) mass is 570 g/mol. The fourth-order valence-electron chi connectivity index (χ4n) is 8.93. The molecule has 0 bridgehead atoms. The zero-order chi connectivity index (χ0) is 30.7. The average Bonchev–Trinajstić information content (AvgIpc) is 3.10. The van der Waals surface area contributed by atoms with E-state index in [2.05, 4.69) is 0 Å². The molecule has 0 saturated heterocycles. The van der Waals surface area contributed by atoms with E-state index in [4.69, 9.17) is 9.47 Å². The lowest BCUT2D eigenvalue weighted by Gasteiger charge is -2.59. The number of esters is 2. The number of carbonyl (C=O) groups excluding carboxylic acids is 6. The van der Waals surface area contributed by atoms with Crippen LogP contribution in [0.1, 0.15) is 107 Å². The summed E-state index contributed by atoms with van der Waals surface area (Å²) < 4.78 is 11.2. The fraction of sp³-hybridized carbons (Fsp3) is 0.758. The number of Topliss-reactive ketones (excluding diaryl/α,β-unsaturated/α-hetero) is 4. The SMILES string of the molecule is CCCCOC(=O)CC[C@@H](C)[C@H]1CC(=O)[C@@]2(C)C3=C(C(=O)[C@@H](OC(C)=O)[C@]12C)[C@@]1(C)CCC(=O)C(C)(C)C1CC3=O. The molecule has 1 unspecified atom stereocenters. The largest absolute Gasteiger partial charge is 0.466 e. The summed E-state index contributed by atoms with van der Waals surface area (Å²) in [7, 11) is 0. The van der Waals surface area contributed by atoms with E-state index in [-0.39, 0.29) is 66.1 Å². The number of allylic oxidation sites excluding steroid dienone is 1. The molecule has 2 fully saturated rings. The second kappa shape index (κ2) is 10.6. The van der Waals surface area contributed by atoms with Gasteiger partial charge >= 0.3 is 11.9 Å². The number of hydrogen-bond donors (Lipinski definition) is 0. The van der Waals surface area contributed by atoms with Gasteiger partial charge in [-0.3, -0.25) is 28.8 Å². The molecule has 0 spiro atoms. The molecule has 0 aromatic rings. The zero-order valence-corrected chi connectivity index (χ0v) is 25.9. The molecule has 0 aromatic heterocycles. The van der Waals surface area contributed by atoms with Crippen LogP contribution in [-0.4, -0.2) is 47.8 Å². The van der Waals surface area contributed by atoms with E-state index >= 15 is 0 Å². The lowest BCUT2D eigenvalue weighted by Crippen LogP contribution is -2.64. The predicted octanol–water partition coefficient (Wildman–Crippen LogP) is 5.14. The van der Waals surface area contributed by atoms with Crippen LogP contribution < -0.4 is 0 Å². The standard InChI is InChI=1S/C33H46O8/c1-9-10-15-40-25(38)12-11-18(2)20-16-24(37)33(8)26-21(35)17-22-30(4,5)23(36)13-14-31(22,6)27(26)28(39)29(32(20,33)7)41-19(3)34/h18,20,22,29H,9-17H2,1-8H3/t18-,20-,22?,29-,31+,32+,33+/m1/s1. The number of ether oxygens (including phenoxy) is 2. The average molecular weight is 571 g/mol. The van der Waals surface area contributed by atoms with Crippen LogP contribution in [0.25, 0.3) is 0 Å². The van der Waals surface area contributed by atoms with Crippen molar-refractivity contribution >= 4 is 35.1 Å². The summed E-state index contributed by atoms with van der Waals surface area (Å²) >= 11 is 0. The number of carbonyl (C=O) groups is 6. The highest BCUT2D eigenvalue weighted by Crippen LogP contribution is 2.70. The van der Waals surface area contributed by atoms with Crippen molar-refractivity contribution in [3.05, 3.63) is 11.1 Å². The first-order valence-corrected chi connectivity index (χ1v) is 15.2. The lowest BCUT2D eigenvalue weighted by molar-refractivity contribution is -0.175. The number of rotatable bonds is 8. The van der Waals surface area contributed by atoms with Gasteiger partial charge in [-0.1, -0.05) is 48.0 Å². The highest BCUT2D eigenvalue weighted by Gasteiger charge is 2.74. The van der Waals surface area contributed by atoms with Crippen molar-refractivity contribution in [2.45, 2.75) is 113 Å². The van der Waals surface area contributed by atoms with Crippen molar-refractivity contribution in [1.29, 1.82) is 0 Å². The maximum atomic E-state index is 14.6. The van der Waals surface area contributed by atoms with Crippen molar-refractivity contribution in [2.75, 3.05) is 6.61 Å². The first-order chi connectivity index (χ1) is 19.0. The van der Waals surface area contributed by atoms with E-state index in [0.29, 0.717) is 19.4 Å². The second-order valence-electron chi connectivity index (χ2n) is 14.1. The molecule has 2 saturated carbocycles. The molecule has 8 heteroatoms. The summed E-state index contributed by atoms with van der Waals surface area (Å²) in [5, 5.41) is 0. The highest BCUT2D eigenvalue weighted by atomic mass is 16.5. The smallest absolute Gasteiger partial charge is 0.305 e. The van der Waals surface area contributed by atoms with Crippen molar-refractivity contribution < 1.29 is 38.2 Å². The molecule has 4 aliphatic carbocycles. The highest BCUT2D eigenvalue weighted by molar-refractivity contribution is 6.18. The van der Waals surface area contributed by atoms with E-state index in [1.807, 2.05) is 41.5 Å². The third kappa shape index (κ3) is 4.46. The molecular formula is C33H46O8. The Morgan fingerprint density at radius 3 is 2.24 bits per heavy atom. The van der Waals surface area contributed by atoms with E-state index in [1.165, 1.54) is 6.92 Å². The topological polar surface area (TPSA) is 121 Å². The summed E-state index contributed by atoms with van der Waals surface area (Å²) in [4.78, 5) is 80.7. The van der Waals surface area contributed by atoms with Crippen molar-refractivity contribution in [3.8, 4) is 0 Å². The Bertz CT molecular complexity index is 1230. The van der Waals surface area contributed by atoms with Gasteiger partial charge in [-0.15, -0.1) is 0 Å². The van der Waals surface area contributed by atoms with E-state index in [1.54, 1.807) is 6.92 Å². The van der Waals surface area contributed by atoms with Gasteiger partial charge < -0.3 is 9.47 Å². The second-order valence-corrected chi connectivity index (χ2v) is 14.1. The molecule has 7 atom stereocenters. The summed E-state index contributed by atoms with van der Waals surface area (Å²) in [6.07, 6.45) is 1.91. The van der Waals surface area contributed by atoms with Gasteiger partial charge in [0, 0.05) is 60.0 Å². The molecule has 4 rings (SSSR count). The maximum Gasteiger partial charge on any atom is 0.305 e. The Labute approximate surface area is 243 Å². The van der Waals surface area contributed by atoms with Crippen LogP contribution >= 0.6 is 0 Å². The first kappa shape index (κ1) is 31.3. The van der Waals surface area contributed by atoms with Gasteiger partial charge in [-0.25, -0.2) is 0 Å². The zero-order valence-electron chi connectivity index (χ0n) is 25.9. The molecule has 0 heterocycles. The molecule has 0 N–H and O–H groups in total. The van der Waals surface area contributed by atoms with Crippen LogP contribution in [0.15, 0.2) is 11.1 Å². The molecule has 0 aromatic carbocycles. The van der Waals surface area contributed by atoms with Gasteiger partial charge in [0.05, 0.1) is 12.0 Å². The molecule has 41 heavy (non-hydrogen) atoms. The number of fused-ring (bicyclic) bond motifs is 4. The van der Waals surface area contributed by atoms with Gasteiger partial charge in [-0.05, 0) is 43.9 Å². The van der Waals surface area contributed by atoms with Gasteiger partial charge in [0.15, 0.2) is 11.9 Å². The van der Waals surface area contributed by atoms with Crippen LogP contribution in [0.4, 0.5) is 0 Å². The third-order valence-corrected chi connectivity index (χ3v) is 11.6. The molecular weight excluding hydrogens is 524 g/mol. The van der Waals surface area contributed by atoms with E-state index in [0.717, 1.165) is 12.8 Å². The first-order valence-electron chi connectivity index (χ1n) is 15.2. The minimum absolute atomic E-state index is 0.0618. The molecule has 0 radical (unpaired) electrons. The molecule has 8 nitrogen and oxygen atoms in total. The van der Waals surface area contributed by atoms with E-state index in [9.17, 15) is 28.8 Å². The number of hydrogen-bond acceptors (Lipinski definition) is 8. The van der Waals surface area contributed by atoms with Crippen LogP contribution in [0.3, 0.4) is 0 Å². The summed E-state index contributed by atoms with van der Waals surface area (Å²) in [5.41, 5.74) is -3.62. The quantitative estimate of drug-likeness (QED) is 0.290. The van der Waals surface area contributed by atoms with Gasteiger partial charge in [0.2, 0.25) is 5.78 Å². The van der Waals surface area contributed by atoms with Crippen molar-refractivity contribution in [2.24, 2.45) is 39.4 Å². The van der Waals surface area contributed by atoms with Gasteiger partial charge in [0.1, 0.15) is 11.6 Å². The van der Waals surface area contributed by atoms with Crippen LogP contribution in [-0.2, 0) is 38.2 Å². The lowest BCUT2D eigenvalue weighted by atomic mass is 9.42. The number of unbranched alkanes of at least 4 members (excludes halogenated alkanes) is 1. The fourth-order valence-corrected chi connectivity index (χ4v) is 8.93. The maximum absolute atomic E-state index is 14.6. The Hall–Kier alpha value is -2.64. The Balaban J connectivity index is 1.82. The third-order valence-electron chi connectivity index (χ3n) is 11.6. The van der Waals surface area contributed by atoms with Crippen molar-refractivity contribution in [1.82, 2.24) is 0 Å². The van der Waals surface area contributed by atoms with Crippen LogP contribution in [0, 0.1) is 39.4 Å². The Morgan fingerprint density at radius 1 is 0.976 bits per heavy atom. The summed E-state index contributed by atoms with van der Waals surface area (Å²) in [5.74, 6) is -2.72. The van der Waals surface area contributed by atoms with Gasteiger partial charge in [0.25, 0.3) is 0 Å². The van der Waals surface area contributed by atoms with E-state index < -0.39 is 51.4 Å².